The van der Waals surface area contributed by atoms with Crippen molar-refractivity contribution in [3.8, 4) is 0 Å². The van der Waals surface area contributed by atoms with E-state index in [4.69, 9.17) is 11.6 Å². The topological polar surface area (TPSA) is 78.5 Å². The van der Waals surface area contributed by atoms with Crippen molar-refractivity contribution in [1.29, 1.82) is 0 Å². The first kappa shape index (κ1) is 17.9. The fourth-order valence-electron chi connectivity index (χ4n) is 2.75. The highest BCUT2D eigenvalue weighted by atomic mass is 35.5. The molecule has 2 N–H and O–H groups in total. The highest BCUT2D eigenvalue weighted by molar-refractivity contribution is 6.30. The minimum atomic E-state index is -0.519. The van der Waals surface area contributed by atoms with E-state index in [2.05, 4.69) is 10.9 Å². The van der Waals surface area contributed by atoms with Gasteiger partial charge in [0.15, 0.2) is 0 Å². The highest BCUT2D eigenvalue weighted by Crippen LogP contribution is 2.25. The summed E-state index contributed by atoms with van der Waals surface area (Å²) in [6, 6.07) is 13.8. The molecule has 0 unspecified atom stereocenters. The maximum atomic E-state index is 12.3. The molecule has 0 saturated carbocycles. The van der Waals surface area contributed by atoms with Crippen molar-refractivity contribution in [2.75, 3.05) is 11.4 Å². The summed E-state index contributed by atoms with van der Waals surface area (Å²) < 4.78 is 0. The van der Waals surface area contributed by atoms with Gasteiger partial charge in [0.1, 0.15) is 0 Å². The van der Waals surface area contributed by atoms with Crippen LogP contribution in [-0.4, -0.2) is 24.3 Å². The fourth-order valence-corrected chi connectivity index (χ4v) is 2.88. The molecule has 1 heterocycles. The Morgan fingerprint density at radius 2 is 1.69 bits per heavy atom. The number of nitrogens with zero attached hydrogens (tertiary/aromatic N) is 1. The van der Waals surface area contributed by atoms with E-state index in [0.29, 0.717) is 10.6 Å². The summed E-state index contributed by atoms with van der Waals surface area (Å²) >= 11 is 5.78. The van der Waals surface area contributed by atoms with Gasteiger partial charge in [-0.25, -0.2) is 0 Å². The predicted molar refractivity (Wildman–Crippen MR) is 98.7 cm³/mol. The number of halogens is 1. The first-order chi connectivity index (χ1) is 12.4. The maximum absolute atomic E-state index is 12.3. The molecule has 0 aliphatic carbocycles. The molecule has 2 aromatic rings. The maximum Gasteiger partial charge on any atom is 0.269 e. The number of carbonyl (C=O) groups is 3. The number of rotatable bonds is 3. The molecule has 134 valence electrons. The molecule has 0 aromatic heterocycles. The second-order valence-corrected chi connectivity index (χ2v) is 6.63. The minimum Gasteiger partial charge on any atom is -0.312 e. The first-order valence-corrected chi connectivity index (χ1v) is 8.54. The van der Waals surface area contributed by atoms with Crippen LogP contribution in [0.2, 0.25) is 5.02 Å². The van der Waals surface area contributed by atoms with Crippen LogP contribution in [0.25, 0.3) is 0 Å². The van der Waals surface area contributed by atoms with E-state index in [9.17, 15) is 14.4 Å². The van der Waals surface area contributed by atoms with Gasteiger partial charge < -0.3 is 4.90 Å². The van der Waals surface area contributed by atoms with E-state index in [-0.39, 0.29) is 18.9 Å². The van der Waals surface area contributed by atoms with E-state index < -0.39 is 17.7 Å². The molecule has 6 nitrogen and oxygen atoms in total. The molecule has 7 heteroatoms. The molecule has 26 heavy (non-hydrogen) atoms. The largest absolute Gasteiger partial charge is 0.312 e. The van der Waals surface area contributed by atoms with Crippen molar-refractivity contribution in [1.82, 2.24) is 10.9 Å². The van der Waals surface area contributed by atoms with Gasteiger partial charge in [0.05, 0.1) is 5.92 Å². The van der Waals surface area contributed by atoms with Crippen LogP contribution in [-0.2, 0) is 9.59 Å². The summed E-state index contributed by atoms with van der Waals surface area (Å²) in [5.74, 6) is -1.47. The third kappa shape index (κ3) is 4.03. The van der Waals surface area contributed by atoms with Crippen LogP contribution in [0.5, 0.6) is 0 Å². The van der Waals surface area contributed by atoms with Crippen molar-refractivity contribution >= 4 is 35.0 Å². The lowest BCUT2D eigenvalue weighted by Gasteiger charge is -2.17. The predicted octanol–water partition coefficient (Wildman–Crippen LogP) is 2.46. The Labute approximate surface area is 156 Å². The van der Waals surface area contributed by atoms with Crippen molar-refractivity contribution < 1.29 is 14.4 Å². The van der Waals surface area contributed by atoms with Crippen LogP contribution < -0.4 is 15.8 Å². The Hall–Kier alpha value is -2.86. The quantitative estimate of drug-likeness (QED) is 0.813. The van der Waals surface area contributed by atoms with Gasteiger partial charge in [-0.1, -0.05) is 29.3 Å². The highest BCUT2D eigenvalue weighted by Gasteiger charge is 2.35. The minimum absolute atomic E-state index is 0.108. The number of carbonyl (C=O) groups excluding carboxylic acids is 3. The zero-order valence-corrected chi connectivity index (χ0v) is 14.9. The molecule has 1 saturated heterocycles. The smallest absolute Gasteiger partial charge is 0.269 e. The van der Waals surface area contributed by atoms with Crippen LogP contribution in [0.15, 0.2) is 48.5 Å². The van der Waals surface area contributed by atoms with E-state index in [1.165, 1.54) is 0 Å². The number of amides is 3. The number of benzene rings is 2. The van der Waals surface area contributed by atoms with Gasteiger partial charge in [-0.15, -0.1) is 0 Å². The number of hydrogen-bond acceptors (Lipinski definition) is 3. The third-order valence-corrected chi connectivity index (χ3v) is 4.50. The zero-order valence-electron chi connectivity index (χ0n) is 14.2. The van der Waals surface area contributed by atoms with Crippen LogP contribution in [0, 0.1) is 12.8 Å². The van der Waals surface area contributed by atoms with Crippen molar-refractivity contribution in [2.24, 2.45) is 5.92 Å². The summed E-state index contributed by atoms with van der Waals surface area (Å²) in [6.07, 6.45) is 0.108. The monoisotopic (exact) mass is 371 g/mol. The number of hydrazine groups is 1. The molecule has 0 radical (unpaired) electrons. The molecule has 0 spiro atoms. The van der Waals surface area contributed by atoms with Gasteiger partial charge in [0.2, 0.25) is 11.8 Å². The van der Waals surface area contributed by atoms with Gasteiger partial charge in [-0.3, -0.25) is 25.2 Å². The molecule has 0 bridgehead atoms. The lowest BCUT2D eigenvalue weighted by Crippen LogP contribution is -2.45. The van der Waals surface area contributed by atoms with Gasteiger partial charge in [-0.05, 0) is 43.3 Å². The van der Waals surface area contributed by atoms with Gasteiger partial charge >= 0.3 is 0 Å². The molecular weight excluding hydrogens is 354 g/mol. The SMILES string of the molecule is Cc1ccc(N2C[C@@H](C(=O)NNC(=O)c3ccc(Cl)cc3)CC2=O)cc1. The van der Waals surface area contributed by atoms with Crippen LogP contribution >= 0.6 is 11.6 Å². The van der Waals surface area contributed by atoms with Crippen molar-refractivity contribution in [3.05, 3.63) is 64.7 Å². The first-order valence-electron chi connectivity index (χ1n) is 8.17. The average molecular weight is 372 g/mol. The standard InChI is InChI=1S/C19H18ClN3O3/c1-12-2-8-16(9-3-12)23-11-14(10-17(23)24)19(26)22-21-18(25)13-4-6-15(20)7-5-13/h2-9,14H,10-11H2,1H3,(H,21,25)(H,22,26)/t14-/m0/s1. The molecule has 2 aromatic carbocycles. The third-order valence-electron chi connectivity index (χ3n) is 4.25. The lowest BCUT2D eigenvalue weighted by molar-refractivity contribution is -0.126. The summed E-state index contributed by atoms with van der Waals surface area (Å²) in [7, 11) is 0. The fraction of sp³-hybridized carbons (Fsp3) is 0.211. The van der Waals surface area contributed by atoms with Crippen LogP contribution in [0.4, 0.5) is 5.69 Å². The summed E-state index contributed by atoms with van der Waals surface area (Å²) in [4.78, 5) is 38.1. The van der Waals surface area contributed by atoms with Gasteiger partial charge in [-0.2, -0.15) is 0 Å². The Bertz CT molecular complexity index is 834. The zero-order chi connectivity index (χ0) is 18.7. The molecule has 3 amide bonds. The molecule has 1 aliphatic heterocycles. The van der Waals surface area contributed by atoms with E-state index in [1.807, 2.05) is 31.2 Å². The van der Waals surface area contributed by atoms with E-state index >= 15 is 0 Å². The number of nitrogens with one attached hydrogen (secondary N) is 2. The second kappa shape index (κ2) is 7.58. The van der Waals surface area contributed by atoms with Crippen molar-refractivity contribution in [2.45, 2.75) is 13.3 Å². The summed E-state index contributed by atoms with van der Waals surface area (Å²) in [5, 5.41) is 0.520. The van der Waals surface area contributed by atoms with Crippen LogP contribution in [0.1, 0.15) is 22.3 Å². The molecule has 1 aliphatic rings. The Balaban J connectivity index is 1.57. The molecule has 3 rings (SSSR count). The number of aryl methyl sites for hydroxylation is 1. The molecule has 1 fully saturated rings. The van der Waals surface area contributed by atoms with Crippen molar-refractivity contribution in [3.63, 3.8) is 0 Å². The lowest BCUT2D eigenvalue weighted by atomic mass is 10.1. The summed E-state index contributed by atoms with van der Waals surface area (Å²) in [5.41, 5.74) is 6.98. The Morgan fingerprint density at radius 3 is 2.35 bits per heavy atom. The average Bonchev–Trinajstić information content (AvgIpc) is 3.02. The van der Waals surface area contributed by atoms with Crippen LogP contribution in [0.3, 0.4) is 0 Å². The Morgan fingerprint density at radius 1 is 1.04 bits per heavy atom. The number of hydrogen-bond donors (Lipinski definition) is 2. The van der Waals surface area contributed by atoms with E-state index in [1.54, 1.807) is 29.2 Å². The van der Waals surface area contributed by atoms with E-state index in [0.717, 1.165) is 11.3 Å². The molecular formula is C19H18ClN3O3. The number of anilines is 1. The molecule has 1 atom stereocenters. The summed E-state index contributed by atoms with van der Waals surface area (Å²) in [6.45, 7) is 2.25. The van der Waals surface area contributed by atoms with Gasteiger partial charge in [0.25, 0.3) is 5.91 Å². The second-order valence-electron chi connectivity index (χ2n) is 6.19. The van der Waals surface area contributed by atoms with Gasteiger partial charge in [0, 0.05) is 29.2 Å². The normalized spacial score (nSPS) is 16.5. The Kier molecular flexibility index (Phi) is 5.23.